The maximum atomic E-state index is 14.2. The van der Waals surface area contributed by atoms with Crippen molar-refractivity contribution in [1.82, 2.24) is 15.2 Å². The monoisotopic (exact) mass is 768 g/mol. The second kappa shape index (κ2) is 14.7. The van der Waals surface area contributed by atoms with Crippen LogP contribution in [0.5, 0.6) is 0 Å². The summed E-state index contributed by atoms with van der Waals surface area (Å²) in [5.41, 5.74) is 8.13. The lowest BCUT2D eigenvalue weighted by Gasteiger charge is -2.49. The average molecular weight is 769 g/mol. The summed E-state index contributed by atoms with van der Waals surface area (Å²) in [6.07, 6.45) is 1.56. The highest BCUT2D eigenvalue weighted by atomic mass is 32.2. The van der Waals surface area contributed by atoms with E-state index < -0.39 is 34.8 Å². The molecule has 0 radical (unpaired) electrons. The number of benzene rings is 4. The van der Waals surface area contributed by atoms with Gasteiger partial charge in [0.2, 0.25) is 5.60 Å². The molecule has 0 spiro atoms. The van der Waals surface area contributed by atoms with Gasteiger partial charge in [-0.15, -0.1) is 23.1 Å². The first kappa shape index (κ1) is 35.5. The number of thiazole rings is 1. The molecule has 2 saturated heterocycles. The van der Waals surface area contributed by atoms with E-state index in [4.69, 9.17) is 10.6 Å². The van der Waals surface area contributed by atoms with E-state index in [2.05, 4.69) is 15.5 Å². The van der Waals surface area contributed by atoms with Crippen molar-refractivity contribution in [2.75, 3.05) is 22.9 Å². The van der Waals surface area contributed by atoms with Crippen LogP contribution in [0.15, 0.2) is 155 Å². The minimum absolute atomic E-state index is 0.137. The number of thioether (sulfide) groups is 1. The number of carbonyl (C=O) groups is 4. The number of oxime groups is 1. The maximum Gasteiger partial charge on any atom is 0.352 e. The van der Waals surface area contributed by atoms with E-state index in [0.29, 0.717) is 17.7 Å². The number of hydrogen-bond donors (Lipinski definition) is 3. The molecular weight excluding hydrogens is 737 g/mol. The Balaban J connectivity index is 1.09. The first-order valence-corrected chi connectivity index (χ1v) is 19.1. The van der Waals surface area contributed by atoms with Gasteiger partial charge in [-0.05, 0) is 23.8 Å². The molecule has 4 aromatic carbocycles. The highest BCUT2D eigenvalue weighted by molar-refractivity contribution is 8.00. The van der Waals surface area contributed by atoms with Crippen molar-refractivity contribution in [3.8, 4) is 0 Å². The summed E-state index contributed by atoms with van der Waals surface area (Å²) in [7, 11) is 0. The fourth-order valence-corrected chi connectivity index (χ4v) is 8.73. The topological polar surface area (TPSA) is 168 Å². The Morgan fingerprint density at radius 3 is 1.96 bits per heavy atom. The molecule has 2 fully saturated rings. The van der Waals surface area contributed by atoms with Gasteiger partial charge in [0, 0.05) is 39.1 Å². The number of β-lactam (4-membered cyclic amide) rings is 2. The zero-order valence-electron chi connectivity index (χ0n) is 28.9. The Morgan fingerprint density at radius 2 is 1.45 bits per heavy atom. The average Bonchev–Trinajstić information content (AvgIpc) is 3.66. The molecule has 4 N–H and O–H groups in total. The zero-order chi connectivity index (χ0) is 38.1. The molecule has 8 rings (SSSR count). The van der Waals surface area contributed by atoms with Crippen LogP contribution in [0.4, 0.5) is 10.8 Å². The SMILES string of the molecule is Nc1nc(/C(=N\OC(c2ccccc2)(c2ccccc2)c2ccccc2)C(=O)N[C@@H]2C(=O)N3C(C(=O)O)=C(/C=C4/CN(c5ccccc5)C4=O)CS[C@H]23)cs1. The quantitative estimate of drug-likeness (QED) is 0.0542. The summed E-state index contributed by atoms with van der Waals surface area (Å²) in [6.45, 7) is 0.311. The van der Waals surface area contributed by atoms with E-state index in [-0.39, 0.29) is 33.9 Å². The van der Waals surface area contributed by atoms with Gasteiger partial charge in [-0.3, -0.25) is 19.3 Å². The number of rotatable bonds is 11. The van der Waals surface area contributed by atoms with Crippen LogP contribution in [0.3, 0.4) is 0 Å². The fraction of sp³-hybridized carbons (Fsp3) is 0.122. The summed E-state index contributed by atoms with van der Waals surface area (Å²) in [5.74, 6) is -2.72. The van der Waals surface area contributed by atoms with Crippen molar-refractivity contribution >= 4 is 63.3 Å². The lowest BCUT2D eigenvalue weighted by atomic mass is 9.80. The number of carboxylic acid groups (broad SMARTS) is 1. The minimum atomic E-state index is -1.31. The second-order valence-electron chi connectivity index (χ2n) is 12.8. The molecule has 4 heterocycles. The molecule has 12 nitrogen and oxygen atoms in total. The van der Waals surface area contributed by atoms with Crippen LogP contribution >= 0.6 is 23.1 Å². The van der Waals surface area contributed by atoms with E-state index >= 15 is 0 Å². The van der Waals surface area contributed by atoms with Crippen molar-refractivity contribution in [3.63, 3.8) is 0 Å². The third-order valence-corrected chi connectivity index (χ3v) is 11.5. The number of aliphatic carboxylic acids is 1. The Bertz CT molecular complexity index is 2290. The maximum absolute atomic E-state index is 14.2. The van der Waals surface area contributed by atoms with Gasteiger partial charge in [-0.2, -0.15) is 0 Å². The van der Waals surface area contributed by atoms with E-state index in [1.165, 1.54) is 11.8 Å². The smallest absolute Gasteiger partial charge is 0.352 e. The molecule has 0 bridgehead atoms. The number of allylic oxidation sites excluding steroid dienone is 1. The molecular formula is C41H32N6O6S2. The highest BCUT2D eigenvalue weighted by Crippen LogP contribution is 2.43. The molecule has 5 aromatic rings. The molecule has 2 atom stereocenters. The third-order valence-electron chi connectivity index (χ3n) is 9.55. The normalized spacial score (nSPS) is 19.1. The number of nitrogens with one attached hydrogen (secondary N) is 1. The van der Waals surface area contributed by atoms with Crippen LogP contribution in [0, 0.1) is 0 Å². The fourth-order valence-electron chi connectivity index (χ4n) is 6.88. The highest BCUT2D eigenvalue weighted by Gasteiger charge is 2.54. The van der Waals surface area contributed by atoms with Crippen LogP contribution in [0.25, 0.3) is 0 Å². The second-order valence-corrected chi connectivity index (χ2v) is 14.8. The van der Waals surface area contributed by atoms with Crippen molar-refractivity contribution in [3.05, 3.63) is 172 Å². The van der Waals surface area contributed by atoms with E-state index in [9.17, 15) is 24.3 Å². The molecule has 1 aromatic heterocycles. The number of hydrogen-bond acceptors (Lipinski definition) is 10. The Labute approximate surface area is 323 Å². The van der Waals surface area contributed by atoms with Crippen molar-refractivity contribution < 1.29 is 29.1 Å². The summed E-state index contributed by atoms with van der Waals surface area (Å²) in [5, 5.41) is 18.6. The molecule has 3 aliphatic heterocycles. The molecule has 55 heavy (non-hydrogen) atoms. The van der Waals surface area contributed by atoms with E-state index in [1.54, 1.807) is 16.4 Å². The van der Waals surface area contributed by atoms with Crippen LogP contribution in [-0.4, -0.2) is 68.1 Å². The number of anilines is 2. The number of fused-ring (bicyclic) bond motifs is 1. The minimum Gasteiger partial charge on any atom is -0.477 e. The zero-order valence-corrected chi connectivity index (χ0v) is 30.6. The molecule has 0 aliphatic carbocycles. The number of aromatic nitrogens is 1. The first-order valence-electron chi connectivity index (χ1n) is 17.2. The predicted octanol–water partition coefficient (Wildman–Crippen LogP) is 5.15. The lowest BCUT2D eigenvalue weighted by molar-refractivity contribution is -0.150. The Hall–Kier alpha value is -6.51. The number of para-hydroxylation sites is 1. The van der Waals surface area contributed by atoms with Crippen molar-refractivity contribution in [2.45, 2.75) is 17.0 Å². The largest absolute Gasteiger partial charge is 0.477 e. The standard InChI is InChI=1S/C41H32N6O6S2/c42-40-43-31(24-55-40)32(45-53-41(27-13-5-1-6-14-27,28-15-7-2-8-16-28)29-17-9-3-10-18-29)35(48)44-33-37(50)47-34(39(51)52)26(23-54-38(33)47)21-25-22-46(36(25)49)30-19-11-4-12-20-30/h1-21,24,33,38H,22-23H2,(H2,42,43)(H,44,48)(H,51,52)/b25-21-,45-32+/t33-,38-/m1/s1. The summed E-state index contributed by atoms with van der Waals surface area (Å²) in [4.78, 5) is 67.1. The summed E-state index contributed by atoms with van der Waals surface area (Å²) < 4.78 is 0. The molecule has 274 valence electrons. The summed E-state index contributed by atoms with van der Waals surface area (Å²) >= 11 is 2.40. The van der Waals surface area contributed by atoms with Crippen molar-refractivity contribution in [2.24, 2.45) is 5.16 Å². The number of nitrogens with two attached hydrogens (primary N) is 1. The first-order chi connectivity index (χ1) is 26.8. The van der Waals surface area contributed by atoms with E-state index in [0.717, 1.165) is 38.6 Å². The Morgan fingerprint density at radius 1 is 0.891 bits per heavy atom. The summed E-state index contributed by atoms with van der Waals surface area (Å²) in [6, 6.07) is 36.6. The van der Waals surface area contributed by atoms with Crippen LogP contribution in [0.1, 0.15) is 22.4 Å². The van der Waals surface area contributed by atoms with Gasteiger partial charge in [0.25, 0.3) is 17.7 Å². The van der Waals surface area contributed by atoms with Gasteiger partial charge >= 0.3 is 5.97 Å². The molecule has 3 amide bonds. The third kappa shape index (κ3) is 6.44. The predicted molar refractivity (Wildman–Crippen MR) is 210 cm³/mol. The van der Waals surface area contributed by atoms with Gasteiger partial charge in [0.15, 0.2) is 10.8 Å². The van der Waals surface area contributed by atoms with Gasteiger partial charge in [-0.1, -0.05) is 114 Å². The van der Waals surface area contributed by atoms with Crippen LogP contribution in [-0.2, 0) is 29.6 Å². The van der Waals surface area contributed by atoms with Crippen molar-refractivity contribution in [1.29, 1.82) is 0 Å². The van der Waals surface area contributed by atoms with Gasteiger partial charge < -0.3 is 25.9 Å². The van der Waals surface area contributed by atoms with Crippen LogP contribution < -0.4 is 16.0 Å². The van der Waals surface area contributed by atoms with Crippen LogP contribution in [0.2, 0.25) is 0 Å². The molecule has 0 unspecified atom stereocenters. The molecule has 14 heteroatoms. The number of carbonyl (C=O) groups excluding carboxylic acids is 3. The number of nitrogens with zero attached hydrogens (tertiary/aromatic N) is 4. The Kier molecular flexibility index (Phi) is 9.51. The molecule has 0 saturated carbocycles. The number of carboxylic acids is 1. The van der Waals surface area contributed by atoms with Gasteiger partial charge in [0.1, 0.15) is 22.8 Å². The van der Waals surface area contributed by atoms with E-state index in [1.807, 2.05) is 121 Å². The van der Waals surface area contributed by atoms with Gasteiger partial charge in [0.05, 0.1) is 6.54 Å². The lowest BCUT2D eigenvalue weighted by Crippen LogP contribution is -2.71. The molecule has 3 aliphatic rings. The van der Waals surface area contributed by atoms with Gasteiger partial charge in [-0.25, -0.2) is 9.78 Å². The number of nitrogen functional groups attached to an aromatic ring is 1. The number of amides is 3.